The van der Waals surface area contributed by atoms with Crippen LogP contribution < -0.4 is 0 Å². The average molecular weight is 637 g/mol. The van der Waals surface area contributed by atoms with E-state index in [2.05, 4.69) is 199 Å². The Morgan fingerprint density at radius 1 is 0.250 bits per heavy atom. The third kappa shape index (κ3) is 16.2. The average Bonchev–Trinajstić information content (AvgIpc) is 3.15. The monoisotopic (exact) mass is 636 g/mol. The van der Waals surface area contributed by atoms with E-state index in [-0.39, 0.29) is 0 Å². The molecule has 0 N–H and O–H groups in total. The maximum absolute atomic E-state index is 2.24. The van der Waals surface area contributed by atoms with E-state index in [0.717, 1.165) is 11.8 Å². The summed E-state index contributed by atoms with van der Waals surface area (Å²) in [5, 5.41) is 0. The quantitative estimate of drug-likeness (QED) is 0.181. The first-order valence-corrected chi connectivity index (χ1v) is 17.8. The van der Waals surface area contributed by atoms with Gasteiger partial charge in [0.05, 0.1) is 0 Å². The van der Waals surface area contributed by atoms with Gasteiger partial charge in [-0.05, 0) is 62.4 Å². The van der Waals surface area contributed by atoms with Crippen molar-refractivity contribution in [3.05, 3.63) is 170 Å². The van der Waals surface area contributed by atoms with Gasteiger partial charge in [-0.25, -0.2) is 0 Å². The van der Waals surface area contributed by atoms with Crippen molar-refractivity contribution < 1.29 is 0 Å². The Morgan fingerprint density at radius 2 is 0.458 bits per heavy atom. The van der Waals surface area contributed by atoms with Crippen molar-refractivity contribution in [3.8, 4) is 44.5 Å². The van der Waals surface area contributed by atoms with Crippen LogP contribution in [0.3, 0.4) is 0 Å². The molecule has 6 aromatic carbocycles. The molecule has 0 saturated carbocycles. The third-order valence-electron chi connectivity index (χ3n) is 6.17. The van der Waals surface area contributed by atoms with E-state index in [1.54, 1.807) is 0 Å². The van der Waals surface area contributed by atoms with E-state index in [1.807, 2.05) is 39.8 Å². The van der Waals surface area contributed by atoms with E-state index < -0.39 is 0 Å². The summed E-state index contributed by atoms with van der Waals surface area (Å²) in [6, 6.07) is 59.2. The van der Waals surface area contributed by atoms with E-state index in [9.17, 15) is 0 Å². The summed E-state index contributed by atoms with van der Waals surface area (Å²) in [6.45, 7) is 21.0. The molecule has 0 aliphatic rings. The summed E-state index contributed by atoms with van der Waals surface area (Å²) < 4.78 is 0. The van der Waals surface area contributed by atoms with Gasteiger partial charge in [-0.3, -0.25) is 0 Å². The Bertz CT molecular complexity index is 1460. The molecule has 48 heavy (non-hydrogen) atoms. The van der Waals surface area contributed by atoms with Crippen molar-refractivity contribution in [1.82, 2.24) is 0 Å². The van der Waals surface area contributed by atoms with Crippen LogP contribution in [0.2, 0.25) is 0 Å². The number of hydrogen-bond acceptors (Lipinski definition) is 0. The zero-order valence-electron chi connectivity index (χ0n) is 31.3. The number of hydrogen-bond donors (Lipinski definition) is 0. The van der Waals surface area contributed by atoms with Crippen molar-refractivity contribution in [2.45, 2.75) is 69.2 Å². The van der Waals surface area contributed by atoms with Gasteiger partial charge in [0.15, 0.2) is 0 Å². The fourth-order valence-electron chi connectivity index (χ4n) is 4.36. The first-order valence-electron chi connectivity index (χ1n) is 17.8. The Morgan fingerprint density at radius 3 is 0.729 bits per heavy atom. The Labute approximate surface area is 294 Å². The highest BCUT2D eigenvalue weighted by Crippen LogP contribution is 2.31. The van der Waals surface area contributed by atoms with Gasteiger partial charge in [0, 0.05) is 0 Å². The van der Waals surface area contributed by atoms with E-state index in [4.69, 9.17) is 0 Å². The molecule has 0 radical (unpaired) electrons. The summed E-state index contributed by atoms with van der Waals surface area (Å²) in [5.74, 6) is 1.67. The molecule has 252 valence electrons. The second-order valence-corrected chi connectivity index (χ2v) is 12.1. The van der Waals surface area contributed by atoms with Crippen LogP contribution in [-0.4, -0.2) is 0 Å². The molecule has 0 nitrogen and oxygen atoms in total. The summed E-state index contributed by atoms with van der Waals surface area (Å²) in [7, 11) is 0. The zero-order valence-corrected chi connectivity index (χ0v) is 31.3. The maximum atomic E-state index is 2.24. The predicted molar refractivity (Wildman–Crippen MR) is 218 cm³/mol. The molecular weight excluding hydrogens is 577 g/mol. The van der Waals surface area contributed by atoms with E-state index >= 15 is 0 Å². The minimum absolute atomic E-state index is 0.833. The SMILES string of the molecule is CC.CC.CC(C)C.CC(C)C.c1ccc(-c2cccc(-c3ccccc3)c2)cc1.c1ccc(-c2ccccc2-c2ccccc2)cc1. The van der Waals surface area contributed by atoms with Gasteiger partial charge in [0.25, 0.3) is 0 Å². The van der Waals surface area contributed by atoms with Gasteiger partial charge < -0.3 is 0 Å². The van der Waals surface area contributed by atoms with Crippen LogP contribution in [0.4, 0.5) is 0 Å². The Kier molecular flexibility index (Phi) is 21.9. The minimum atomic E-state index is 0.833. The minimum Gasteiger partial charge on any atom is -0.0683 e. The van der Waals surface area contributed by atoms with Crippen LogP contribution >= 0.6 is 0 Å². The summed E-state index contributed by atoms with van der Waals surface area (Å²) in [4.78, 5) is 0. The Balaban J connectivity index is 0.000000363. The van der Waals surface area contributed by atoms with Gasteiger partial charge >= 0.3 is 0 Å². The van der Waals surface area contributed by atoms with Gasteiger partial charge in [-0.2, -0.15) is 0 Å². The molecule has 0 fully saturated rings. The highest BCUT2D eigenvalue weighted by molar-refractivity contribution is 5.83. The maximum Gasteiger partial charge on any atom is -0.0105 e. The first kappa shape index (κ1) is 41.3. The molecule has 6 aromatic rings. The van der Waals surface area contributed by atoms with Crippen LogP contribution in [0.5, 0.6) is 0 Å². The summed E-state index contributed by atoms with van der Waals surface area (Å²) >= 11 is 0. The number of benzene rings is 6. The molecule has 0 bridgehead atoms. The normalized spacial score (nSPS) is 9.42. The van der Waals surface area contributed by atoms with Crippen molar-refractivity contribution in [1.29, 1.82) is 0 Å². The van der Waals surface area contributed by atoms with Crippen LogP contribution in [0.25, 0.3) is 44.5 Å². The van der Waals surface area contributed by atoms with Crippen LogP contribution in [0.1, 0.15) is 69.2 Å². The summed E-state index contributed by atoms with van der Waals surface area (Å²) in [5.41, 5.74) is 10.1. The number of rotatable bonds is 4. The molecule has 0 aliphatic heterocycles. The molecule has 0 heteroatoms. The topological polar surface area (TPSA) is 0 Å². The first-order chi connectivity index (χ1) is 23.3. The van der Waals surface area contributed by atoms with Crippen LogP contribution in [-0.2, 0) is 0 Å². The lowest BCUT2D eigenvalue weighted by Gasteiger charge is -2.09. The zero-order chi connectivity index (χ0) is 35.6. The molecular formula is C48H60. The van der Waals surface area contributed by atoms with Gasteiger partial charge in [-0.15, -0.1) is 0 Å². The summed E-state index contributed by atoms with van der Waals surface area (Å²) in [6.07, 6.45) is 0. The molecule has 6 rings (SSSR count). The van der Waals surface area contributed by atoms with Gasteiger partial charge in [0.1, 0.15) is 0 Å². The van der Waals surface area contributed by atoms with Crippen molar-refractivity contribution in [2.75, 3.05) is 0 Å². The predicted octanol–water partition coefficient (Wildman–Crippen LogP) is 15.4. The Hall–Kier alpha value is -4.68. The molecule has 0 unspecified atom stereocenters. The largest absolute Gasteiger partial charge is 0.0683 e. The van der Waals surface area contributed by atoms with Gasteiger partial charge in [0.2, 0.25) is 0 Å². The highest BCUT2D eigenvalue weighted by Gasteiger charge is 2.05. The van der Waals surface area contributed by atoms with E-state index in [0.29, 0.717) is 0 Å². The van der Waals surface area contributed by atoms with Crippen molar-refractivity contribution in [2.24, 2.45) is 11.8 Å². The molecule has 0 spiro atoms. The van der Waals surface area contributed by atoms with Crippen LogP contribution in [0.15, 0.2) is 170 Å². The van der Waals surface area contributed by atoms with Crippen LogP contribution in [0, 0.1) is 11.8 Å². The van der Waals surface area contributed by atoms with E-state index in [1.165, 1.54) is 44.5 Å². The fraction of sp³-hybridized carbons (Fsp3) is 0.250. The lowest BCUT2D eigenvalue weighted by atomic mass is 9.95. The second kappa shape index (κ2) is 25.4. The second-order valence-electron chi connectivity index (χ2n) is 12.1. The molecule has 0 aliphatic carbocycles. The lowest BCUT2D eigenvalue weighted by Crippen LogP contribution is -1.83. The van der Waals surface area contributed by atoms with Crippen molar-refractivity contribution in [3.63, 3.8) is 0 Å². The molecule has 0 amide bonds. The lowest BCUT2D eigenvalue weighted by molar-refractivity contribution is 0.736. The fourth-order valence-corrected chi connectivity index (χ4v) is 4.36. The van der Waals surface area contributed by atoms with Crippen molar-refractivity contribution >= 4 is 0 Å². The third-order valence-corrected chi connectivity index (χ3v) is 6.17. The molecule has 0 saturated heterocycles. The molecule has 0 atom stereocenters. The highest BCUT2D eigenvalue weighted by atomic mass is 14.1. The van der Waals surface area contributed by atoms with Gasteiger partial charge in [-0.1, -0.05) is 233 Å². The molecule has 0 heterocycles. The standard InChI is InChI=1S/2C18H14.2C4H10.2C2H6/c1-3-9-15(10-4-1)17-13-7-8-14-18(17)16-11-5-2-6-12-16;1-3-8-15(9-4-1)17-12-7-13-18(14-17)16-10-5-2-6-11-16;2*1-4(2)3;2*1-2/h2*1-14H;2*4H,1-3H3;2*1-2H3. The smallest absolute Gasteiger partial charge is 0.0105 e. The molecule has 0 aromatic heterocycles.